The zero-order valence-electron chi connectivity index (χ0n) is 12.0. The number of piperidine rings is 1. The van der Waals surface area contributed by atoms with Gasteiger partial charge in [0, 0.05) is 26.3 Å². The van der Waals surface area contributed by atoms with Crippen LogP contribution < -0.4 is 5.73 Å². The summed E-state index contributed by atoms with van der Waals surface area (Å²) in [5.74, 6) is 0.131. The van der Waals surface area contributed by atoms with E-state index in [0.717, 1.165) is 32.1 Å². The summed E-state index contributed by atoms with van der Waals surface area (Å²) in [6.45, 7) is 3.11. The first-order valence-electron chi connectivity index (χ1n) is 7.53. The van der Waals surface area contributed by atoms with E-state index >= 15 is 0 Å². The van der Waals surface area contributed by atoms with E-state index in [2.05, 4.69) is 0 Å². The molecule has 0 saturated carbocycles. The predicted molar refractivity (Wildman–Crippen MR) is 77.0 cm³/mol. The van der Waals surface area contributed by atoms with Gasteiger partial charge in [0.15, 0.2) is 0 Å². The zero-order valence-corrected chi connectivity index (χ0v) is 12.8. The minimum absolute atomic E-state index is 0.112. The Morgan fingerprint density at radius 1 is 1.25 bits per heavy atom. The Morgan fingerprint density at radius 3 is 2.60 bits per heavy atom. The molecule has 0 radical (unpaired) electrons. The van der Waals surface area contributed by atoms with Crippen molar-refractivity contribution in [2.24, 2.45) is 5.73 Å². The van der Waals surface area contributed by atoms with Crippen LogP contribution in [0.15, 0.2) is 0 Å². The van der Waals surface area contributed by atoms with Crippen molar-refractivity contribution in [3.63, 3.8) is 0 Å². The molecule has 1 atom stereocenters. The van der Waals surface area contributed by atoms with E-state index in [-0.39, 0.29) is 18.0 Å². The van der Waals surface area contributed by atoms with Gasteiger partial charge < -0.3 is 15.2 Å². The maximum absolute atomic E-state index is 12.3. The minimum atomic E-state index is -3.18. The third-order valence-corrected chi connectivity index (χ3v) is 5.86. The number of hydrogen-bond donors (Lipinski definition) is 1. The van der Waals surface area contributed by atoms with Crippen molar-refractivity contribution in [3.8, 4) is 0 Å². The third-order valence-electron chi connectivity index (χ3n) is 3.92. The molecule has 2 fully saturated rings. The first-order chi connectivity index (χ1) is 9.62. The normalized spacial score (nSPS) is 26.1. The van der Waals surface area contributed by atoms with Gasteiger partial charge in [0.2, 0.25) is 10.0 Å². The van der Waals surface area contributed by atoms with Crippen molar-refractivity contribution in [1.82, 2.24) is 4.31 Å². The number of ether oxygens (including phenoxy) is 2. The molecule has 0 bridgehead atoms. The quantitative estimate of drug-likeness (QED) is 0.685. The van der Waals surface area contributed by atoms with E-state index in [1.807, 2.05) is 0 Å². The van der Waals surface area contributed by atoms with Gasteiger partial charge in [-0.25, -0.2) is 12.7 Å². The van der Waals surface area contributed by atoms with Crippen molar-refractivity contribution in [3.05, 3.63) is 0 Å². The summed E-state index contributed by atoms with van der Waals surface area (Å²) in [4.78, 5) is 0. The molecule has 0 spiro atoms. The maximum Gasteiger partial charge on any atom is 0.216 e. The molecule has 2 saturated heterocycles. The summed E-state index contributed by atoms with van der Waals surface area (Å²) >= 11 is 0. The lowest BCUT2D eigenvalue weighted by Crippen LogP contribution is -2.43. The van der Waals surface area contributed by atoms with E-state index < -0.39 is 10.0 Å². The highest BCUT2D eigenvalue weighted by atomic mass is 32.2. The molecule has 2 N–H and O–H groups in total. The van der Waals surface area contributed by atoms with E-state index in [1.165, 1.54) is 0 Å². The summed E-state index contributed by atoms with van der Waals surface area (Å²) in [5.41, 5.74) is 5.42. The highest BCUT2D eigenvalue weighted by Crippen LogP contribution is 2.20. The first-order valence-corrected chi connectivity index (χ1v) is 9.14. The smallest absolute Gasteiger partial charge is 0.216 e. The van der Waals surface area contributed by atoms with Crippen LogP contribution in [0.25, 0.3) is 0 Å². The highest BCUT2D eigenvalue weighted by Gasteiger charge is 2.31. The Labute approximate surface area is 121 Å². The van der Waals surface area contributed by atoms with Gasteiger partial charge in [-0.1, -0.05) is 0 Å². The maximum atomic E-state index is 12.3. The summed E-state index contributed by atoms with van der Waals surface area (Å²) in [5, 5.41) is 0. The molecule has 2 aliphatic rings. The summed E-state index contributed by atoms with van der Waals surface area (Å²) in [6, 6.07) is 0. The van der Waals surface area contributed by atoms with E-state index in [1.54, 1.807) is 4.31 Å². The Bertz CT molecular complexity index is 374. The van der Waals surface area contributed by atoms with Crippen molar-refractivity contribution in [2.75, 3.05) is 38.6 Å². The monoisotopic (exact) mass is 306 g/mol. The lowest BCUT2D eigenvalue weighted by molar-refractivity contribution is 0.0207. The molecule has 0 aliphatic carbocycles. The van der Waals surface area contributed by atoms with Gasteiger partial charge in [0.25, 0.3) is 0 Å². The van der Waals surface area contributed by atoms with Crippen LogP contribution in [0, 0.1) is 0 Å². The third kappa shape index (κ3) is 4.66. The van der Waals surface area contributed by atoms with Crippen LogP contribution in [-0.2, 0) is 19.5 Å². The fraction of sp³-hybridized carbons (Fsp3) is 1.00. The molecule has 2 rings (SSSR count). The van der Waals surface area contributed by atoms with Gasteiger partial charge in [0.05, 0.1) is 18.0 Å². The molecule has 0 aromatic heterocycles. The molecule has 2 heterocycles. The van der Waals surface area contributed by atoms with Gasteiger partial charge in [-0.3, -0.25) is 0 Å². The average Bonchev–Trinajstić information content (AvgIpc) is 2.92. The summed E-state index contributed by atoms with van der Waals surface area (Å²) in [7, 11) is -3.18. The molecule has 0 amide bonds. The van der Waals surface area contributed by atoms with Crippen LogP contribution in [0.5, 0.6) is 0 Å². The van der Waals surface area contributed by atoms with E-state index in [4.69, 9.17) is 15.2 Å². The topological polar surface area (TPSA) is 81.9 Å². The van der Waals surface area contributed by atoms with Crippen LogP contribution in [0.4, 0.5) is 0 Å². The van der Waals surface area contributed by atoms with Crippen molar-refractivity contribution >= 4 is 10.0 Å². The highest BCUT2D eigenvalue weighted by molar-refractivity contribution is 7.89. The SMILES string of the molecule is NCCCOC1CCN(S(=O)(=O)CC2CCCO2)CC1. The second-order valence-electron chi connectivity index (χ2n) is 5.53. The van der Waals surface area contributed by atoms with Crippen LogP contribution in [0.3, 0.4) is 0 Å². The van der Waals surface area contributed by atoms with Crippen molar-refractivity contribution in [1.29, 1.82) is 0 Å². The Hall–Kier alpha value is -0.210. The molecule has 20 heavy (non-hydrogen) atoms. The molecule has 0 aromatic carbocycles. The molecule has 2 aliphatic heterocycles. The van der Waals surface area contributed by atoms with Crippen LogP contribution in [0.2, 0.25) is 0 Å². The van der Waals surface area contributed by atoms with Crippen molar-refractivity contribution < 1.29 is 17.9 Å². The van der Waals surface area contributed by atoms with Gasteiger partial charge in [-0.15, -0.1) is 0 Å². The number of nitrogens with two attached hydrogens (primary N) is 1. The summed E-state index contributed by atoms with van der Waals surface area (Å²) in [6.07, 6.45) is 4.30. The predicted octanol–water partition coefficient (Wildman–Crippen LogP) is 0.325. The van der Waals surface area contributed by atoms with Gasteiger partial charge >= 0.3 is 0 Å². The molecule has 0 aromatic rings. The lowest BCUT2D eigenvalue weighted by atomic mass is 10.1. The second-order valence-corrected chi connectivity index (χ2v) is 7.54. The van der Waals surface area contributed by atoms with Crippen LogP contribution in [0.1, 0.15) is 32.1 Å². The zero-order chi connectivity index (χ0) is 14.4. The average molecular weight is 306 g/mol. The molecule has 7 heteroatoms. The molecule has 118 valence electrons. The molecular formula is C13H26N2O4S. The van der Waals surface area contributed by atoms with Gasteiger partial charge in [0.1, 0.15) is 0 Å². The fourth-order valence-corrected chi connectivity index (χ4v) is 4.44. The van der Waals surface area contributed by atoms with Crippen LogP contribution in [-0.4, -0.2) is 63.5 Å². The number of sulfonamides is 1. The lowest BCUT2D eigenvalue weighted by Gasteiger charge is -2.31. The molecular weight excluding hydrogens is 280 g/mol. The second kappa shape index (κ2) is 7.70. The molecule has 1 unspecified atom stereocenters. The molecule has 6 nitrogen and oxygen atoms in total. The number of hydrogen-bond acceptors (Lipinski definition) is 5. The van der Waals surface area contributed by atoms with Gasteiger partial charge in [-0.2, -0.15) is 0 Å². The Morgan fingerprint density at radius 2 is 2.00 bits per heavy atom. The number of rotatable bonds is 7. The summed E-state index contributed by atoms with van der Waals surface area (Å²) < 4.78 is 37.3. The minimum Gasteiger partial charge on any atom is -0.378 e. The number of nitrogens with zero attached hydrogens (tertiary/aromatic N) is 1. The van der Waals surface area contributed by atoms with Crippen molar-refractivity contribution in [2.45, 2.75) is 44.3 Å². The fourth-order valence-electron chi connectivity index (χ4n) is 2.73. The van der Waals surface area contributed by atoms with E-state index in [9.17, 15) is 8.42 Å². The van der Waals surface area contributed by atoms with Gasteiger partial charge in [-0.05, 0) is 38.6 Å². The Kier molecular flexibility index (Phi) is 6.22. The standard InChI is InChI=1S/C13H26N2O4S/c14-6-2-10-18-12-4-7-15(8-5-12)20(16,17)11-13-3-1-9-19-13/h12-13H,1-11,14H2. The first kappa shape index (κ1) is 16.2. The van der Waals surface area contributed by atoms with E-state index in [0.29, 0.717) is 32.8 Å². The van der Waals surface area contributed by atoms with Crippen LogP contribution >= 0.6 is 0 Å². The largest absolute Gasteiger partial charge is 0.378 e. The Balaban J connectivity index is 1.74.